The fourth-order valence-electron chi connectivity index (χ4n) is 1.69. The predicted molar refractivity (Wildman–Crippen MR) is 73.0 cm³/mol. The Kier molecular flexibility index (Phi) is 3.85. The topological polar surface area (TPSA) is 0 Å². The summed E-state index contributed by atoms with van der Waals surface area (Å²) in [5.41, 5.74) is 3.06. The van der Waals surface area contributed by atoms with E-state index in [0.29, 0.717) is 4.47 Å². The lowest BCUT2D eigenvalue weighted by Crippen LogP contribution is -1.94. The van der Waals surface area contributed by atoms with E-state index in [1.807, 2.05) is 31.2 Å². The monoisotopic (exact) mass is 312 g/mol. The molecule has 88 valence electrons. The van der Waals surface area contributed by atoms with Crippen LogP contribution in [0.25, 0.3) is 0 Å². The summed E-state index contributed by atoms with van der Waals surface area (Å²) < 4.78 is 13.6. The lowest BCUT2D eigenvalue weighted by atomic mass is 10.0. The zero-order valence-corrected chi connectivity index (χ0v) is 11.6. The van der Waals surface area contributed by atoms with Gasteiger partial charge in [-0.3, -0.25) is 0 Å². The molecule has 0 radical (unpaired) electrons. The van der Waals surface area contributed by atoms with Crippen LogP contribution in [0.2, 0.25) is 0 Å². The van der Waals surface area contributed by atoms with Crippen LogP contribution >= 0.6 is 27.5 Å². The highest BCUT2D eigenvalue weighted by Crippen LogP contribution is 2.31. The van der Waals surface area contributed by atoms with Gasteiger partial charge in [0.05, 0.1) is 9.85 Å². The van der Waals surface area contributed by atoms with Crippen LogP contribution in [0.3, 0.4) is 0 Å². The third-order valence-electron chi connectivity index (χ3n) is 2.57. The Morgan fingerprint density at radius 3 is 2.47 bits per heavy atom. The van der Waals surface area contributed by atoms with Gasteiger partial charge < -0.3 is 0 Å². The number of aryl methyl sites for hydroxylation is 1. The van der Waals surface area contributed by atoms with Crippen LogP contribution in [0, 0.1) is 12.7 Å². The van der Waals surface area contributed by atoms with Gasteiger partial charge in [-0.2, -0.15) is 0 Å². The minimum atomic E-state index is -0.276. The van der Waals surface area contributed by atoms with Crippen molar-refractivity contribution in [2.24, 2.45) is 0 Å². The Bertz CT molecular complexity index is 539. The Labute approximate surface area is 114 Å². The van der Waals surface area contributed by atoms with Gasteiger partial charge in [0.2, 0.25) is 0 Å². The molecule has 2 rings (SSSR count). The molecule has 17 heavy (non-hydrogen) atoms. The molecule has 1 unspecified atom stereocenters. The summed E-state index contributed by atoms with van der Waals surface area (Å²) in [6.45, 7) is 2.02. The van der Waals surface area contributed by atoms with Crippen molar-refractivity contribution in [1.29, 1.82) is 0 Å². The molecule has 0 N–H and O–H groups in total. The van der Waals surface area contributed by atoms with Gasteiger partial charge in [0.25, 0.3) is 0 Å². The van der Waals surface area contributed by atoms with Crippen molar-refractivity contribution in [3.05, 3.63) is 69.4 Å². The molecule has 0 spiro atoms. The second-order valence-corrected chi connectivity index (χ2v) is 5.24. The van der Waals surface area contributed by atoms with Gasteiger partial charge in [-0.05, 0) is 46.1 Å². The number of benzene rings is 2. The summed E-state index contributed by atoms with van der Waals surface area (Å²) in [6, 6.07) is 12.9. The summed E-state index contributed by atoms with van der Waals surface area (Å²) in [6.07, 6.45) is 0. The quantitative estimate of drug-likeness (QED) is 0.666. The molecular formula is C14H11BrClF. The highest BCUT2D eigenvalue weighted by molar-refractivity contribution is 9.10. The van der Waals surface area contributed by atoms with E-state index >= 15 is 0 Å². The van der Waals surface area contributed by atoms with Crippen molar-refractivity contribution in [2.75, 3.05) is 0 Å². The molecule has 0 fully saturated rings. The van der Waals surface area contributed by atoms with E-state index in [2.05, 4.69) is 15.9 Å². The lowest BCUT2D eigenvalue weighted by molar-refractivity contribution is 0.620. The molecular weight excluding hydrogens is 303 g/mol. The Hall–Kier alpha value is -0.860. The highest BCUT2D eigenvalue weighted by Gasteiger charge is 2.12. The van der Waals surface area contributed by atoms with E-state index in [1.54, 1.807) is 12.1 Å². The average molecular weight is 314 g/mol. The van der Waals surface area contributed by atoms with Crippen molar-refractivity contribution in [3.63, 3.8) is 0 Å². The second-order valence-electron chi connectivity index (χ2n) is 3.95. The molecule has 0 aromatic heterocycles. The molecule has 0 heterocycles. The number of rotatable bonds is 2. The van der Waals surface area contributed by atoms with Crippen LogP contribution in [0.4, 0.5) is 4.39 Å². The van der Waals surface area contributed by atoms with E-state index < -0.39 is 0 Å². The maximum atomic E-state index is 13.1. The van der Waals surface area contributed by atoms with Crippen LogP contribution in [0.5, 0.6) is 0 Å². The van der Waals surface area contributed by atoms with Gasteiger partial charge >= 0.3 is 0 Å². The molecule has 0 nitrogen and oxygen atoms in total. The molecule has 0 saturated carbocycles. The molecule has 3 heteroatoms. The van der Waals surface area contributed by atoms with Gasteiger partial charge in [-0.15, -0.1) is 11.6 Å². The van der Waals surface area contributed by atoms with Gasteiger partial charge in [-0.25, -0.2) is 4.39 Å². The molecule has 0 aliphatic carbocycles. The van der Waals surface area contributed by atoms with Crippen LogP contribution in [0.1, 0.15) is 22.1 Å². The summed E-state index contributed by atoms with van der Waals surface area (Å²) in [5.74, 6) is -0.276. The van der Waals surface area contributed by atoms with Crippen molar-refractivity contribution in [3.8, 4) is 0 Å². The summed E-state index contributed by atoms with van der Waals surface area (Å²) >= 11 is 9.55. The summed E-state index contributed by atoms with van der Waals surface area (Å²) in [5, 5.41) is -0.258. The van der Waals surface area contributed by atoms with Crippen molar-refractivity contribution < 1.29 is 4.39 Å². The molecule has 0 aliphatic rings. The lowest BCUT2D eigenvalue weighted by Gasteiger charge is -2.11. The number of alkyl halides is 1. The second kappa shape index (κ2) is 5.19. The molecule has 0 amide bonds. The smallest absolute Gasteiger partial charge is 0.137 e. The predicted octanol–water partition coefficient (Wildman–Crippen LogP) is 5.22. The SMILES string of the molecule is Cc1cccc(C(Cl)c2ccc(F)c(Br)c2)c1. The first-order valence-electron chi connectivity index (χ1n) is 5.23. The van der Waals surface area contributed by atoms with Crippen LogP contribution in [0.15, 0.2) is 46.9 Å². The van der Waals surface area contributed by atoms with E-state index in [0.717, 1.165) is 16.7 Å². The van der Waals surface area contributed by atoms with E-state index in [1.165, 1.54) is 6.07 Å². The normalized spacial score (nSPS) is 12.5. The largest absolute Gasteiger partial charge is 0.206 e. The maximum absolute atomic E-state index is 13.1. The molecule has 0 aliphatic heterocycles. The fourth-order valence-corrected chi connectivity index (χ4v) is 2.36. The highest BCUT2D eigenvalue weighted by atomic mass is 79.9. The molecule has 2 aromatic carbocycles. The third kappa shape index (κ3) is 2.88. The van der Waals surface area contributed by atoms with Crippen LogP contribution in [-0.2, 0) is 0 Å². The minimum Gasteiger partial charge on any atom is -0.206 e. The molecule has 1 atom stereocenters. The zero-order chi connectivity index (χ0) is 12.4. The summed E-state index contributed by atoms with van der Waals surface area (Å²) in [4.78, 5) is 0. The molecule has 2 aromatic rings. The first-order valence-corrected chi connectivity index (χ1v) is 6.46. The Morgan fingerprint density at radius 1 is 1.12 bits per heavy atom. The third-order valence-corrected chi connectivity index (χ3v) is 3.68. The van der Waals surface area contributed by atoms with Gasteiger partial charge in [0.1, 0.15) is 5.82 Å². The standard InChI is InChI=1S/C14H11BrClF/c1-9-3-2-4-10(7-9)14(16)11-5-6-13(17)12(15)8-11/h2-8,14H,1H3. The summed E-state index contributed by atoms with van der Waals surface area (Å²) in [7, 11) is 0. The maximum Gasteiger partial charge on any atom is 0.137 e. The van der Waals surface area contributed by atoms with Gasteiger partial charge in [0, 0.05) is 0 Å². The average Bonchev–Trinajstić information content (AvgIpc) is 2.32. The zero-order valence-electron chi connectivity index (χ0n) is 9.25. The van der Waals surface area contributed by atoms with E-state index in [-0.39, 0.29) is 11.2 Å². The Morgan fingerprint density at radius 2 is 1.82 bits per heavy atom. The first kappa shape index (κ1) is 12.6. The van der Waals surface area contributed by atoms with Gasteiger partial charge in [0.15, 0.2) is 0 Å². The van der Waals surface area contributed by atoms with E-state index in [9.17, 15) is 4.39 Å². The fraction of sp³-hybridized carbons (Fsp3) is 0.143. The van der Waals surface area contributed by atoms with Crippen LogP contribution in [-0.4, -0.2) is 0 Å². The number of halogens is 3. The Balaban J connectivity index is 2.36. The molecule has 0 saturated heterocycles. The van der Waals surface area contributed by atoms with Crippen molar-refractivity contribution >= 4 is 27.5 Å². The number of hydrogen-bond donors (Lipinski definition) is 0. The molecule has 0 bridgehead atoms. The van der Waals surface area contributed by atoms with Crippen molar-refractivity contribution in [2.45, 2.75) is 12.3 Å². The first-order chi connectivity index (χ1) is 8.08. The van der Waals surface area contributed by atoms with E-state index in [4.69, 9.17) is 11.6 Å². The number of hydrogen-bond acceptors (Lipinski definition) is 0. The van der Waals surface area contributed by atoms with Crippen LogP contribution < -0.4 is 0 Å². The van der Waals surface area contributed by atoms with Crippen molar-refractivity contribution in [1.82, 2.24) is 0 Å². The van der Waals surface area contributed by atoms with Gasteiger partial charge in [-0.1, -0.05) is 35.9 Å². The minimum absolute atomic E-state index is 0.258.